The topological polar surface area (TPSA) is 41.6 Å². The number of carbonyl (C=O) groups is 1. The van der Waals surface area contributed by atoms with Gasteiger partial charge in [-0.3, -0.25) is 4.79 Å². The van der Waals surface area contributed by atoms with Crippen LogP contribution in [-0.2, 0) is 4.79 Å². The van der Waals surface area contributed by atoms with Gasteiger partial charge in [0.25, 0.3) is 0 Å². The summed E-state index contributed by atoms with van der Waals surface area (Å²) in [6, 6.07) is 5.70. The highest BCUT2D eigenvalue weighted by molar-refractivity contribution is 5.85. The molecule has 1 saturated heterocycles. The molecule has 1 aromatic carbocycles. The fourth-order valence-electron chi connectivity index (χ4n) is 2.73. The Labute approximate surface area is 127 Å². The molecule has 1 unspecified atom stereocenters. The zero-order valence-corrected chi connectivity index (χ0v) is 13.5. The molecular weight excluding hydrogens is 264 g/mol. The van der Waals surface area contributed by atoms with E-state index in [4.69, 9.17) is 4.74 Å². The van der Waals surface area contributed by atoms with Gasteiger partial charge in [0.1, 0.15) is 11.8 Å². The Balaban J connectivity index is 2.02. The van der Waals surface area contributed by atoms with E-state index in [1.54, 1.807) is 7.11 Å². The molecule has 1 amide bonds. The Morgan fingerprint density at radius 2 is 2.05 bits per heavy atom. The first kappa shape index (κ1) is 15.7. The van der Waals surface area contributed by atoms with Gasteiger partial charge in [-0.15, -0.1) is 0 Å². The van der Waals surface area contributed by atoms with Gasteiger partial charge < -0.3 is 15.0 Å². The predicted octanol–water partition coefficient (Wildman–Crippen LogP) is 3.06. The van der Waals surface area contributed by atoms with Crippen molar-refractivity contribution in [3.63, 3.8) is 0 Å². The van der Waals surface area contributed by atoms with Crippen molar-refractivity contribution >= 4 is 11.6 Å². The number of anilines is 1. The maximum absolute atomic E-state index is 12.5. The summed E-state index contributed by atoms with van der Waals surface area (Å²) in [4.78, 5) is 14.5. The first-order valence-corrected chi connectivity index (χ1v) is 7.71. The van der Waals surface area contributed by atoms with Gasteiger partial charge in [-0.25, -0.2) is 0 Å². The van der Waals surface area contributed by atoms with E-state index < -0.39 is 0 Å². The highest BCUT2D eigenvalue weighted by atomic mass is 16.5. The molecule has 1 N–H and O–H groups in total. The predicted molar refractivity (Wildman–Crippen MR) is 85.8 cm³/mol. The van der Waals surface area contributed by atoms with E-state index in [9.17, 15) is 4.79 Å². The second-order valence-electron chi connectivity index (χ2n) is 6.08. The number of likely N-dealkylation sites (tertiary alicyclic amines) is 1. The summed E-state index contributed by atoms with van der Waals surface area (Å²) >= 11 is 0. The molecule has 116 valence electrons. The van der Waals surface area contributed by atoms with Crippen molar-refractivity contribution in [3.8, 4) is 5.75 Å². The summed E-state index contributed by atoms with van der Waals surface area (Å²) in [5.41, 5.74) is 2.02. The van der Waals surface area contributed by atoms with E-state index in [1.165, 1.54) is 0 Å². The van der Waals surface area contributed by atoms with Crippen LogP contribution in [0.3, 0.4) is 0 Å². The van der Waals surface area contributed by atoms with Crippen molar-refractivity contribution in [1.82, 2.24) is 4.90 Å². The number of amides is 1. The Hall–Kier alpha value is -1.71. The van der Waals surface area contributed by atoms with Gasteiger partial charge in [0.05, 0.1) is 12.8 Å². The quantitative estimate of drug-likeness (QED) is 0.926. The molecule has 0 bridgehead atoms. The van der Waals surface area contributed by atoms with Crippen molar-refractivity contribution in [3.05, 3.63) is 23.8 Å². The minimum Gasteiger partial charge on any atom is -0.495 e. The normalized spacial score (nSPS) is 17.4. The van der Waals surface area contributed by atoms with E-state index >= 15 is 0 Å². The zero-order chi connectivity index (χ0) is 15.4. The lowest BCUT2D eigenvalue weighted by Crippen LogP contribution is -2.45. The number of ether oxygens (including phenoxy) is 1. The molecule has 1 aliphatic rings. The van der Waals surface area contributed by atoms with Crippen LogP contribution < -0.4 is 10.1 Å². The third kappa shape index (κ3) is 3.90. The molecule has 1 aliphatic heterocycles. The lowest BCUT2D eigenvalue weighted by Gasteiger charge is -2.32. The molecule has 1 aromatic rings. The van der Waals surface area contributed by atoms with Crippen molar-refractivity contribution in [2.45, 2.75) is 39.7 Å². The van der Waals surface area contributed by atoms with E-state index in [1.807, 2.05) is 36.9 Å². The second kappa shape index (κ2) is 6.83. The Morgan fingerprint density at radius 1 is 1.38 bits per heavy atom. The molecule has 2 rings (SSSR count). The lowest BCUT2D eigenvalue weighted by atomic mass is 9.99. The van der Waals surface area contributed by atoms with Crippen LogP contribution in [0.2, 0.25) is 0 Å². The first-order valence-electron chi connectivity index (χ1n) is 7.71. The number of aryl methyl sites for hydroxylation is 1. The standard InChI is InChI=1S/C17H26N2O2/c1-12-7-9-19(10-8-12)17(20)14(3)18-15-11-13(2)5-6-16(15)21-4/h5-6,11-12,14,18H,7-10H2,1-4H3. The van der Waals surface area contributed by atoms with Crippen LogP contribution in [0.4, 0.5) is 5.69 Å². The summed E-state index contributed by atoms with van der Waals surface area (Å²) in [7, 11) is 1.65. The minimum absolute atomic E-state index is 0.172. The van der Waals surface area contributed by atoms with Crippen LogP contribution in [-0.4, -0.2) is 37.0 Å². The van der Waals surface area contributed by atoms with Gasteiger partial charge >= 0.3 is 0 Å². The first-order chi connectivity index (χ1) is 10.0. The number of hydrogen-bond donors (Lipinski definition) is 1. The summed E-state index contributed by atoms with van der Waals surface area (Å²) in [6.45, 7) is 7.94. The number of nitrogens with one attached hydrogen (secondary N) is 1. The Bertz CT molecular complexity index is 494. The Kier molecular flexibility index (Phi) is 5.10. The molecule has 1 heterocycles. The summed E-state index contributed by atoms with van der Waals surface area (Å²) in [5.74, 6) is 1.67. The van der Waals surface area contributed by atoms with E-state index in [-0.39, 0.29) is 11.9 Å². The zero-order valence-electron chi connectivity index (χ0n) is 13.5. The van der Waals surface area contributed by atoms with Gasteiger partial charge in [0, 0.05) is 13.1 Å². The smallest absolute Gasteiger partial charge is 0.244 e. The van der Waals surface area contributed by atoms with Crippen LogP contribution in [0, 0.1) is 12.8 Å². The molecule has 0 aromatic heterocycles. The molecule has 0 spiro atoms. The number of hydrogen-bond acceptors (Lipinski definition) is 3. The Morgan fingerprint density at radius 3 is 2.67 bits per heavy atom. The number of rotatable bonds is 4. The highest BCUT2D eigenvalue weighted by Crippen LogP contribution is 2.26. The summed E-state index contributed by atoms with van der Waals surface area (Å²) < 4.78 is 5.35. The number of methoxy groups -OCH3 is 1. The number of benzene rings is 1. The summed E-state index contributed by atoms with van der Waals surface area (Å²) in [6.07, 6.45) is 2.21. The monoisotopic (exact) mass is 290 g/mol. The van der Waals surface area contributed by atoms with Crippen LogP contribution in [0.15, 0.2) is 18.2 Å². The minimum atomic E-state index is -0.242. The van der Waals surface area contributed by atoms with E-state index in [2.05, 4.69) is 12.2 Å². The molecule has 4 heteroatoms. The number of carbonyl (C=O) groups excluding carboxylic acids is 1. The maximum atomic E-state index is 12.5. The van der Waals surface area contributed by atoms with Crippen LogP contribution >= 0.6 is 0 Å². The molecule has 0 saturated carbocycles. The summed E-state index contributed by atoms with van der Waals surface area (Å²) in [5, 5.41) is 3.29. The molecule has 0 radical (unpaired) electrons. The van der Waals surface area contributed by atoms with Gasteiger partial charge in [-0.1, -0.05) is 13.0 Å². The largest absolute Gasteiger partial charge is 0.495 e. The van der Waals surface area contributed by atoms with E-state index in [0.29, 0.717) is 0 Å². The van der Waals surface area contributed by atoms with Crippen LogP contribution in [0.1, 0.15) is 32.3 Å². The fraction of sp³-hybridized carbons (Fsp3) is 0.588. The fourth-order valence-corrected chi connectivity index (χ4v) is 2.73. The number of piperidine rings is 1. The van der Waals surface area contributed by atoms with Gasteiger partial charge in [-0.2, -0.15) is 0 Å². The van der Waals surface area contributed by atoms with Gasteiger partial charge in [-0.05, 0) is 50.3 Å². The molecule has 21 heavy (non-hydrogen) atoms. The highest BCUT2D eigenvalue weighted by Gasteiger charge is 2.24. The van der Waals surface area contributed by atoms with Crippen LogP contribution in [0.5, 0.6) is 5.75 Å². The second-order valence-corrected chi connectivity index (χ2v) is 6.08. The third-order valence-corrected chi connectivity index (χ3v) is 4.19. The molecule has 1 atom stereocenters. The van der Waals surface area contributed by atoms with Crippen molar-refractivity contribution in [2.24, 2.45) is 5.92 Å². The van der Waals surface area contributed by atoms with Gasteiger partial charge in [0.15, 0.2) is 0 Å². The van der Waals surface area contributed by atoms with Crippen LogP contribution in [0.25, 0.3) is 0 Å². The van der Waals surface area contributed by atoms with Gasteiger partial charge in [0.2, 0.25) is 5.91 Å². The lowest BCUT2D eigenvalue weighted by molar-refractivity contribution is -0.132. The SMILES string of the molecule is COc1ccc(C)cc1NC(C)C(=O)N1CCC(C)CC1. The number of nitrogens with zero attached hydrogens (tertiary/aromatic N) is 1. The molecule has 0 aliphatic carbocycles. The van der Waals surface area contributed by atoms with Crippen molar-refractivity contribution in [2.75, 3.05) is 25.5 Å². The van der Waals surface area contributed by atoms with Crippen molar-refractivity contribution < 1.29 is 9.53 Å². The average molecular weight is 290 g/mol. The van der Waals surface area contributed by atoms with E-state index in [0.717, 1.165) is 48.8 Å². The van der Waals surface area contributed by atoms with Crippen molar-refractivity contribution in [1.29, 1.82) is 0 Å². The third-order valence-electron chi connectivity index (χ3n) is 4.19. The molecular formula is C17H26N2O2. The molecule has 1 fully saturated rings. The maximum Gasteiger partial charge on any atom is 0.244 e. The molecule has 4 nitrogen and oxygen atoms in total. The average Bonchev–Trinajstić information content (AvgIpc) is 2.47.